The van der Waals surface area contributed by atoms with E-state index in [9.17, 15) is 13.2 Å². The SMILES string of the molecule is CCN(CC)C(=O)c1ccc(S(=O)(=O)NC2CCCNC2C)cc1.Cl. The summed E-state index contributed by atoms with van der Waals surface area (Å²) in [5.41, 5.74) is 0.505. The van der Waals surface area contributed by atoms with E-state index in [0.29, 0.717) is 18.7 Å². The molecule has 8 heteroatoms. The number of sulfonamides is 1. The van der Waals surface area contributed by atoms with Crippen LogP contribution in [0.3, 0.4) is 0 Å². The average molecular weight is 390 g/mol. The van der Waals surface area contributed by atoms with Gasteiger partial charge in [-0.1, -0.05) is 0 Å². The molecule has 1 aliphatic heterocycles. The number of nitrogens with zero attached hydrogens (tertiary/aromatic N) is 1. The van der Waals surface area contributed by atoms with Crippen LogP contribution in [0.1, 0.15) is 44.0 Å². The maximum absolute atomic E-state index is 12.5. The third-order valence-electron chi connectivity index (χ3n) is 4.53. The van der Waals surface area contributed by atoms with Crippen molar-refractivity contribution in [1.29, 1.82) is 0 Å². The van der Waals surface area contributed by atoms with E-state index in [4.69, 9.17) is 0 Å². The van der Waals surface area contributed by atoms with Crippen molar-refractivity contribution in [3.05, 3.63) is 29.8 Å². The van der Waals surface area contributed by atoms with Gasteiger partial charge in [-0.15, -0.1) is 12.4 Å². The van der Waals surface area contributed by atoms with Crippen molar-refractivity contribution in [3.63, 3.8) is 0 Å². The largest absolute Gasteiger partial charge is 0.339 e. The molecule has 1 aromatic carbocycles. The van der Waals surface area contributed by atoms with Crippen molar-refractivity contribution in [3.8, 4) is 0 Å². The van der Waals surface area contributed by atoms with E-state index < -0.39 is 10.0 Å². The Bertz CT molecular complexity index is 660. The van der Waals surface area contributed by atoms with Gasteiger partial charge in [0.25, 0.3) is 5.91 Å². The molecule has 1 heterocycles. The zero-order valence-corrected chi connectivity index (χ0v) is 16.6. The van der Waals surface area contributed by atoms with Crippen LogP contribution in [0.25, 0.3) is 0 Å². The predicted octanol–water partition coefficient (Wildman–Crippen LogP) is 2.01. The number of hydrogen-bond acceptors (Lipinski definition) is 4. The predicted molar refractivity (Wildman–Crippen MR) is 102 cm³/mol. The molecule has 1 fully saturated rings. The molecule has 25 heavy (non-hydrogen) atoms. The van der Waals surface area contributed by atoms with Gasteiger partial charge in [-0.05, 0) is 64.4 Å². The number of carbonyl (C=O) groups excluding carboxylic acids is 1. The fourth-order valence-corrected chi connectivity index (χ4v) is 4.29. The second-order valence-corrected chi connectivity index (χ2v) is 7.83. The first kappa shape index (κ1) is 21.9. The highest BCUT2D eigenvalue weighted by atomic mass is 35.5. The molecule has 2 N–H and O–H groups in total. The zero-order valence-electron chi connectivity index (χ0n) is 15.0. The summed E-state index contributed by atoms with van der Waals surface area (Å²) in [4.78, 5) is 14.2. The van der Waals surface area contributed by atoms with E-state index >= 15 is 0 Å². The van der Waals surface area contributed by atoms with Crippen molar-refractivity contribution < 1.29 is 13.2 Å². The highest BCUT2D eigenvalue weighted by Gasteiger charge is 2.26. The summed E-state index contributed by atoms with van der Waals surface area (Å²) in [6.45, 7) is 8.00. The molecule has 1 amide bonds. The van der Waals surface area contributed by atoms with Crippen molar-refractivity contribution in [2.75, 3.05) is 19.6 Å². The molecule has 2 rings (SSSR count). The molecule has 2 atom stereocenters. The molecule has 1 saturated heterocycles. The summed E-state index contributed by atoms with van der Waals surface area (Å²) in [5, 5.41) is 3.28. The van der Waals surface area contributed by atoms with Gasteiger partial charge in [-0.2, -0.15) is 0 Å². The molecule has 1 aliphatic rings. The van der Waals surface area contributed by atoms with Crippen LogP contribution in [0.5, 0.6) is 0 Å². The molecule has 0 radical (unpaired) electrons. The Kier molecular flexibility index (Phi) is 8.34. The van der Waals surface area contributed by atoms with Crippen LogP contribution in [0.15, 0.2) is 29.2 Å². The maximum atomic E-state index is 12.5. The lowest BCUT2D eigenvalue weighted by molar-refractivity contribution is 0.0773. The van der Waals surface area contributed by atoms with Crippen LogP contribution in [0, 0.1) is 0 Å². The number of hydrogen-bond donors (Lipinski definition) is 2. The monoisotopic (exact) mass is 389 g/mol. The molecular weight excluding hydrogens is 362 g/mol. The summed E-state index contributed by atoms with van der Waals surface area (Å²) in [5.74, 6) is -0.0815. The summed E-state index contributed by atoms with van der Waals surface area (Å²) in [6.07, 6.45) is 1.78. The minimum absolute atomic E-state index is 0. The standard InChI is InChI=1S/C17H27N3O3S.ClH/c1-4-20(5-2)17(21)14-8-10-15(11-9-14)24(22,23)19-16-7-6-12-18-13(16)3;/h8-11,13,16,18-19H,4-7,12H2,1-3H3;1H. The number of carbonyl (C=O) groups is 1. The molecule has 6 nitrogen and oxygen atoms in total. The van der Waals surface area contributed by atoms with E-state index in [-0.39, 0.29) is 35.3 Å². The van der Waals surface area contributed by atoms with Crippen molar-refractivity contribution in [1.82, 2.24) is 14.9 Å². The zero-order chi connectivity index (χ0) is 17.7. The Morgan fingerprint density at radius 2 is 1.84 bits per heavy atom. The van der Waals surface area contributed by atoms with Crippen LogP contribution >= 0.6 is 12.4 Å². The Balaban J connectivity index is 0.00000312. The van der Waals surface area contributed by atoms with Crippen molar-refractivity contribution >= 4 is 28.3 Å². The van der Waals surface area contributed by atoms with E-state index in [2.05, 4.69) is 10.0 Å². The molecule has 0 saturated carbocycles. The molecule has 0 aromatic heterocycles. The third kappa shape index (κ3) is 5.41. The molecular formula is C17H28ClN3O3S. The summed E-state index contributed by atoms with van der Waals surface area (Å²) in [6, 6.07) is 6.16. The van der Waals surface area contributed by atoms with Crippen LogP contribution in [0.4, 0.5) is 0 Å². The summed E-state index contributed by atoms with van der Waals surface area (Å²) in [7, 11) is -3.58. The fraction of sp³-hybridized carbons (Fsp3) is 0.588. The van der Waals surface area contributed by atoms with Gasteiger partial charge < -0.3 is 10.2 Å². The van der Waals surface area contributed by atoms with Crippen LogP contribution in [0.2, 0.25) is 0 Å². The Morgan fingerprint density at radius 1 is 1.24 bits per heavy atom. The van der Waals surface area contributed by atoms with E-state index in [1.165, 1.54) is 12.1 Å². The van der Waals surface area contributed by atoms with Gasteiger partial charge in [-0.3, -0.25) is 4.79 Å². The number of piperidine rings is 1. The summed E-state index contributed by atoms with van der Waals surface area (Å²) < 4.78 is 27.8. The molecule has 0 spiro atoms. The van der Waals surface area contributed by atoms with Crippen molar-refractivity contribution in [2.45, 2.75) is 50.6 Å². The first-order valence-electron chi connectivity index (χ1n) is 8.54. The van der Waals surface area contributed by atoms with Gasteiger partial charge in [0.15, 0.2) is 0 Å². The van der Waals surface area contributed by atoms with Crippen LogP contribution < -0.4 is 10.0 Å². The lowest BCUT2D eigenvalue weighted by atomic mass is 10.0. The molecule has 0 bridgehead atoms. The lowest BCUT2D eigenvalue weighted by Crippen LogP contribution is -2.51. The lowest BCUT2D eigenvalue weighted by Gasteiger charge is -2.30. The third-order valence-corrected chi connectivity index (χ3v) is 6.04. The number of amides is 1. The number of halogens is 1. The fourth-order valence-electron chi connectivity index (χ4n) is 2.94. The molecule has 0 aliphatic carbocycles. The summed E-state index contributed by atoms with van der Waals surface area (Å²) >= 11 is 0. The Hall–Kier alpha value is -1.15. The van der Waals surface area contributed by atoms with Crippen LogP contribution in [-0.2, 0) is 10.0 Å². The molecule has 142 valence electrons. The number of nitrogens with one attached hydrogen (secondary N) is 2. The maximum Gasteiger partial charge on any atom is 0.253 e. The first-order valence-corrected chi connectivity index (χ1v) is 10.0. The topological polar surface area (TPSA) is 78.5 Å². The van der Waals surface area contributed by atoms with E-state index in [0.717, 1.165) is 19.4 Å². The highest BCUT2D eigenvalue weighted by molar-refractivity contribution is 7.89. The Morgan fingerprint density at radius 3 is 2.36 bits per heavy atom. The molecule has 1 aromatic rings. The average Bonchev–Trinajstić information content (AvgIpc) is 2.58. The van der Waals surface area contributed by atoms with Gasteiger partial charge in [0.05, 0.1) is 4.90 Å². The number of rotatable bonds is 6. The highest BCUT2D eigenvalue weighted by Crippen LogP contribution is 2.16. The van der Waals surface area contributed by atoms with E-state index in [1.807, 2.05) is 20.8 Å². The Labute approximate surface area is 156 Å². The second kappa shape index (κ2) is 9.52. The second-order valence-electron chi connectivity index (χ2n) is 6.11. The molecule has 2 unspecified atom stereocenters. The smallest absolute Gasteiger partial charge is 0.253 e. The first-order chi connectivity index (χ1) is 11.4. The van der Waals surface area contributed by atoms with Crippen molar-refractivity contribution in [2.24, 2.45) is 0 Å². The quantitative estimate of drug-likeness (QED) is 0.780. The van der Waals surface area contributed by atoms with Gasteiger partial charge in [0, 0.05) is 30.7 Å². The van der Waals surface area contributed by atoms with Crippen LogP contribution in [-0.4, -0.2) is 50.9 Å². The number of benzene rings is 1. The van der Waals surface area contributed by atoms with Gasteiger partial charge in [0.1, 0.15) is 0 Å². The minimum Gasteiger partial charge on any atom is -0.339 e. The van der Waals surface area contributed by atoms with E-state index in [1.54, 1.807) is 17.0 Å². The minimum atomic E-state index is -3.58. The van der Waals surface area contributed by atoms with Gasteiger partial charge in [0.2, 0.25) is 10.0 Å². The van der Waals surface area contributed by atoms with Gasteiger partial charge >= 0.3 is 0 Å². The normalized spacial score (nSPS) is 20.6. The van der Waals surface area contributed by atoms with Gasteiger partial charge in [-0.25, -0.2) is 13.1 Å².